The third-order valence-electron chi connectivity index (χ3n) is 4.59. The number of nitrogens with one attached hydrogen (secondary N) is 1. The van der Waals surface area contributed by atoms with Crippen molar-refractivity contribution in [1.29, 1.82) is 0 Å². The number of aryl methyl sites for hydroxylation is 1. The zero-order chi connectivity index (χ0) is 15.4. The van der Waals surface area contributed by atoms with Crippen LogP contribution >= 0.6 is 0 Å². The highest BCUT2D eigenvalue weighted by atomic mass is 16.1. The maximum Gasteiger partial charge on any atom is 0.225 e. The molecule has 1 aromatic heterocycles. The molecule has 0 aliphatic carbocycles. The number of carbonyl (C=O) groups excluding carboxylic acids is 2. The van der Waals surface area contributed by atoms with E-state index in [9.17, 15) is 9.59 Å². The standard InChI is InChI=1S/C17H21N3O2/c21-11-16(12-22)20-8-2-3-13(10-20)9-15-6-5-14-4-1-7-18-17(14)19-15/h5-6,13,16H,1-4,7-10H2,(H,18,19). The third-order valence-corrected chi connectivity index (χ3v) is 4.59. The van der Waals surface area contributed by atoms with Gasteiger partial charge in [-0.2, -0.15) is 0 Å². The predicted octanol–water partition coefficient (Wildman–Crippen LogP) is 1.28. The summed E-state index contributed by atoms with van der Waals surface area (Å²) < 4.78 is 0. The third kappa shape index (κ3) is 3.35. The molecule has 1 saturated heterocycles. The van der Waals surface area contributed by atoms with E-state index in [1.54, 1.807) is 12.6 Å². The van der Waals surface area contributed by atoms with Crippen LogP contribution in [0, 0.1) is 5.92 Å². The van der Waals surface area contributed by atoms with Gasteiger partial charge in [-0.15, -0.1) is 0 Å². The molecule has 2 radical (unpaired) electrons. The Hall–Kier alpha value is -1.75. The zero-order valence-electron chi connectivity index (χ0n) is 12.7. The van der Waals surface area contributed by atoms with Crippen LogP contribution in [-0.4, -0.2) is 48.1 Å². The number of hydrogen-bond acceptors (Lipinski definition) is 5. The molecule has 1 fully saturated rings. The van der Waals surface area contributed by atoms with Crippen LogP contribution in [0.1, 0.15) is 30.5 Å². The first-order valence-corrected chi connectivity index (χ1v) is 8.02. The summed E-state index contributed by atoms with van der Waals surface area (Å²) in [6.45, 7) is 2.50. The fourth-order valence-corrected chi connectivity index (χ4v) is 3.45. The van der Waals surface area contributed by atoms with E-state index >= 15 is 0 Å². The number of likely N-dealkylation sites (tertiary alicyclic amines) is 1. The number of aromatic nitrogens is 1. The predicted molar refractivity (Wildman–Crippen MR) is 84.2 cm³/mol. The molecule has 116 valence electrons. The fraction of sp³-hybridized carbons (Fsp3) is 0.588. The Morgan fingerprint density at radius 1 is 1.32 bits per heavy atom. The van der Waals surface area contributed by atoms with Crippen molar-refractivity contribution >= 4 is 18.4 Å². The summed E-state index contributed by atoms with van der Waals surface area (Å²) in [6, 6.07) is 3.45. The second kappa shape index (κ2) is 7.01. The van der Waals surface area contributed by atoms with Crippen molar-refractivity contribution in [2.24, 2.45) is 5.92 Å². The minimum absolute atomic E-state index is 0.423. The van der Waals surface area contributed by atoms with Crippen LogP contribution in [0.4, 0.5) is 5.82 Å². The lowest BCUT2D eigenvalue weighted by Crippen LogP contribution is -2.44. The zero-order valence-corrected chi connectivity index (χ0v) is 12.7. The molecule has 0 amide bonds. The van der Waals surface area contributed by atoms with Crippen molar-refractivity contribution in [2.75, 3.05) is 25.0 Å². The Kier molecular flexibility index (Phi) is 4.83. The molecule has 22 heavy (non-hydrogen) atoms. The van der Waals surface area contributed by atoms with Gasteiger partial charge in [-0.1, -0.05) is 6.07 Å². The number of piperidine rings is 1. The SMILES string of the molecule is O=[C]C([C]=O)N1CCCC(Cc2ccc3c(n2)NCCC3)C1. The molecule has 0 aromatic carbocycles. The van der Waals surface area contributed by atoms with Gasteiger partial charge in [0.05, 0.1) is 0 Å². The summed E-state index contributed by atoms with van der Waals surface area (Å²) in [6.07, 6.45) is 8.79. The average Bonchev–Trinajstić information content (AvgIpc) is 2.56. The van der Waals surface area contributed by atoms with Crippen LogP contribution in [0.5, 0.6) is 0 Å². The molecule has 3 rings (SSSR count). The highest BCUT2D eigenvalue weighted by molar-refractivity contribution is 5.83. The molecule has 3 heterocycles. The maximum absolute atomic E-state index is 10.8. The fourth-order valence-electron chi connectivity index (χ4n) is 3.45. The lowest BCUT2D eigenvalue weighted by molar-refractivity contribution is 0.173. The topological polar surface area (TPSA) is 62.3 Å². The van der Waals surface area contributed by atoms with Gasteiger partial charge in [-0.05, 0) is 56.2 Å². The van der Waals surface area contributed by atoms with Crippen LogP contribution in [0.15, 0.2) is 12.1 Å². The summed E-state index contributed by atoms with van der Waals surface area (Å²) in [5.41, 5.74) is 2.38. The summed E-state index contributed by atoms with van der Waals surface area (Å²) in [5, 5.41) is 3.36. The van der Waals surface area contributed by atoms with Gasteiger partial charge in [-0.25, -0.2) is 4.98 Å². The Balaban J connectivity index is 1.65. The van der Waals surface area contributed by atoms with E-state index in [1.165, 1.54) is 5.56 Å². The molecular weight excluding hydrogens is 278 g/mol. The van der Waals surface area contributed by atoms with E-state index < -0.39 is 6.04 Å². The highest BCUT2D eigenvalue weighted by Gasteiger charge is 2.27. The molecule has 0 spiro atoms. The van der Waals surface area contributed by atoms with Crippen LogP contribution in [0.25, 0.3) is 0 Å². The number of hydrogen-bond donors (Lipinski definition) is 1. The maximum atomic E-state index is 10.8. The van der Waals surface area contributed by atoms with E-state index in [-0.39, 0.29) is 0 Å². The Morgan fingerprint density at radius 3 is 3.00 bits per heavy atom. The monoisotopic (exact) mass is 299 g/mol. The minimum Gasteiger partial charge on any atom is -0.370 e. The second-order valence-corrected chi connectivity index (χ2v) is 6.19. The van der Waals surface area contributed by atoms with Crippen molar-refractivity contribution < 1.29 is 9.59 Å². The second-order valence-electron chi connectivity index (χ2n) is 6.19. The van der Waals surface area contributed by atoms with Gasteiger partial charge < -0.3 is 5.32 Å². The molecule has 2 aliphatic heterocycles. The number of anilines is 1. The molecular formula is C17H21N3O2. The van der Waals surface area contributed by atoms with Crippen molar-refractivity contribution in [1.82, 2.24) is 9.88 Å². The Bertz CT molecular complexity index is 539. The smallest absolute Gasteiger partial charge is 0.225 e. The summed E-state index contributed by atoms with van der Waals surface area (Å²) in [5.74, 6) is 1.45. The average molecular weight is 299 g/mol. The van der Waals surface area contributed by atoms with E-state index in [4.69, 9.17) is 4.98 Å². The van der Waals surface area contributed by atoms with Crippen molar-refractivity contribution in [3.8, 4) is 0 Å². The summed E-state index contributed by atoms with van der Waals surface area (Å²) >= 11 is 0. The largest absolute Gasteiger partial charge is 0.370 e. The molecule has 5 nitrogen and oxygen atoms in total. The van der Waals surface area contributed by atoms with Crippen molar-refractivity contribution in [3.63, 3.8) is 0 Å². The van der Waals surface area contributed by atoms with Crippen LogP contribution in [-0.2, 0) is 22.4 Å². The molecule has 2 aliphatic rings. The first-order chi connectivity index (χ1) is 10.8. The number of nitrogens with zero attached hydrogens (tertiary/aromatic N) is 2. The van der Waals surface area contributed by atoms with Gasteiger partial charge >= 0.3 is 0 Å². The normalized spacial score (nSPS) is 22.0. The Labute approximate surface area is 131 Å². The minimum atomic E-state index is -0.832. The molecule has 1 N–H and O–H groups in total. The summed E-state index contributed by atoms with van der Waals surface area (Å²) in [4.78, 5) is 28.2. The Morgan fingerprint density at radius 2 is 2.18 bits per heavy atom. The molecule has 1 atom stereocenters. The van der Waals surface area contributed by atoms with Gasteiger partial charge in [0.15, 0.2) is 0 Å². The molecule has 0 saturated carbocycles. The first kappa shape index (κ1) is 15.2. The van der Waals surface area contributed by atoms with Gasteiger partial charge in [0.25, 0.3) is 0 Å². The van der Waals surface area contributed by atoms with Crippen molar-refractivity contribution in [2.45, 2.75) is 38.1 Å². The lowest BCUT2D eigenvalue weighted by atomic mass is 9.92. The quantitative estimate of drug-likeness (QED) is 0.830. The van der Waals surface area contributed by atoms with Crippen LogP contribution in [0.3, 0.4) is 0 Å². The summed E-state index contributed by atoms with van der Waals surface area (Å²) in [7, 11) is 0. The van der Waals surface area contributed by atoms with Gasteiger partial charge in [-0.3, -0.25) is 14.5 Å². The number of rotatable bonds is 5. The first-order valence-electron chi connectivity index (χ1n) is 8.02. The number of fused-ring (bicyclic) bond motifs is 1. The highest BCUT2D eigenvalue weighted by Crippen LogP contribution is 2.24. The molecule has 0 bridgehead atoms. The molecule has 1 unspecified atom stereocenters. The van der Waals surface area contributed by atoms with E-state index in [0.717, 1.165) is 63.3 Å². The van der Waals surface area contributed by atoms with E-state index in [0.29, 0.717) is 5.92 Å². The molecule has 5 heteroatoms. The van der Waals surface area contributed by atoms with E-state index in [2.05, 4.69) is 17.4 Å². The van der Waals surface area contributed by atoms with Crippen LogP contribution < -0.4 is 5.32 Å². The lowest BCUT2D eigenvalue weighted by Gasteiger charge is -2.33. The van der Waals surface area contributed by atoms with Gasteiger partial charge in [0.2, 0.25) is 12.6 Å². The van der Waals surface area contributed by atoms with Gasteiger partial charge in [0, 0.05) is 18.8 Å². The number of pyridine rings is 1. The van der Waals surface area contributed by atoms with E-state index in [1.807, 2.05) is 4.90 Å². The van der Waals surface area contributed by atoms with Crippen LogP contribution in [0.2, 0.25) is 0 Å². The van der Waals surface area contributed by atoms with Gasteiger partial charge in [0.1, 0.15) is 11.9 Å². The molecule has 1 aromatic rings. The van der Waals surface area contributed by atoms with Crippen molar-refractivity contribution in [3.05, 3.63) is 23.4 Å².